The molecule has 1 saturated heterocycles. The van der Waals surface area contributed by atoms with E-state index in [1.165, 1.54) is 17.7 Å². The Bertz CT molecular complexity index is 1260. The molecule has 0 saturated carbocycles. The number of benzene rings is 2. The van der Waals surface area contributed by atoms with Gasteiger partial charge >= 0.3 is 0 Å². The summed E-state index contributed by atoms with van der Waals surface area (Å²) in [5, 5.41) is 0.338. The molecule has 3 heterocycles. The third kappa shape index (κ3) is 4.37. The Labute approximate surface area is 191 Å². The summed E-state index contributed by atoms with van der Waals surface area (Å²) in [6, 6.07) is 10.1. The van der Waals surface area contributed by atoms with Crippen molar-refractivity contribution in [1.82, 2.24) is 9.88 Å². The molecule has 0 unspecified atom stereocenters. The molecular formula is C26H27FN2O4. The molecule has 2 aromatic carbocycles. The minimum absolute atomic E-state index is 0.0757. The Morgan fingerprint density at radius 2 is 2.00 bits per heavy atom. The molecule has 172 valence electrons. The van der Waals surface area contributed by atoms with Gasteiger partial charge in [-0.25, -0.2) is 4.39 Å². The Kier molecular flexibility index (Phi) is 5.89. The van der Waals surface area contributed by atoms with Gasteiger partial charge in [0.2, 0.25) is 5.91 Å². The zero-order valence-corrected chi connectivity index (χ0v) is 18.7. The van der Waals surface area contributed by atoms with Crippen molar-refractivity contribution in [2.75, 3.05) is 19.8 Å². The Hall–Kier alpha value is -3.19. The molecule has 3 aromatic rings. The van der Waals surface area contributed by atoms with Crippen molar-refractivity contribution in [3.05, 3.63) is 74.8 Å². The van der Waals surface area contributed by atoms with Gasteiger partial charge in [0.05, 0.1) is 5.69 Å². The van der Waals surface area contributed by atoms with Gasteiger partial charge in [-0.15, -0.1) is 0 Å². The van der Waals surface area contributed by atoms with Crippen LogP contribution in [0.4, 0.5) is 4.39 Å². The van der Waals surface area contributed by atoms with E-state index in [0.29, 0.717) is 48.5 Å². The number of hydrogen-bond donors (Lipinski definition) is 1. The van der Waals surface area contributed by atoms with Crippen molar-refractivity contribution in [2.24, 2.45) is 5.92 Å². The fourth-order valence-electron chi connectivity index (χ4n) is 4.72. The first-order valence-electron chi connectivity index (χ1n) is 11.4. The van der Waals surface area contributed by atoms with E-state index < -0.39 is 5.82 Å². The highest BCUT2D eigenvalue weighted by Gasteiger charge is 2.28. The number of pyridine rings is 1. The fraction of sp³-hybridized carbons (Fsp3) is 0.385. The highest BCUT2D eigenvalue weighted by atomic mass is 19.1. The summed E-state index contributed by atoms with van der Waals surface area (Å²) >= 11 is 0. The van der Waals surface area contributed by atoms with E-state index in [1.807, 2.05) is 23.1 Å². The number of aromatic amines is 1. The molecule has 5 rings (SSSR count). The van der Waals surface area contributed by atoms with E-state index in [9.17, 15) is 14.0 Å². The summed E-state index contributed by atoms with van der Waals surface area (Å²) in [5.41, 5.74) is 3.92. The van der Waals surface area contributed by atoms with Gasteiger partial charge in [0.1, 0.15) is 18.2 Å². The van der Waals surface area contributed by atoms with E-state index in [2.05, 4.69) is 4.98 Å². The van der Waals surface area contributed by atoms with Crippen LogP contribution in [0.2, 0.25) is 0 Å². The van der Waals surface area contributed by atoms with Crippen molar-refractivity contribution in [3.8, 4) is 5.75 Å². The number of carbonyl (C=O) groups excluding carboxylic acids is 1. The third-order valence-corrected chi connectivity index (χ3v) is 6.76. The normalized spacial score (nSPS) is 16.6. The van der Waals surface area contributed by atoms with Crippen molar-refractivity contribution < 1.29 is 18.7 Å². The molecule has 0 atom stereocenters. The largest absolute Gasteiger partial charge is 0.487 e. The summed E-state index contributed by atoms with van der Waals surface area (Å²) in [4.78, 5) is 30.6. The second kappa shape index (κ2) is 8.98. The van der Waals surface area contributed by atoms with Gasteiger partial charge in [0, 0.05) is 48.7 Å². The van der Waals surface area contributed by atoms with E-state index in [4.69, 9.17) is 9.47 Å². The molecule has 1 fully saturated rings. The smallest absolute Gasteiger partial charge is 0.226 e. The van der Waals surface area contributed by atoms with Crippen LogP contribution in [0.1, 0.15) is 35.2 Å². The molecule has 7 heteroatoms. The highest BCUT2D eigenvalue weighted by Crippen LogP contribution is 2.27. The molecule has 0 radical (unpaired) electrons. The molecule has 1 amide bonds. The van der Waals surface area contributed by atoms with Crippen LogP contribution in [0.15, 0.2) is 41.2 Å². The highest BCUT2D eigenvalue weighted by molar-refractivity contribution is 5.80. The van der Waals surface area contributed by atoms with Crippen LogP contribution < -0.4 is 10.2 Å². The van der Waals surface area contributed by atoms with E-state index in [-0.39, 0.29) is 23.9 Å². The molecule has 1 N–H and O–H groups in total. The predicted molar refractivity (Wildman–Crippen MR) is 123 cm³/mol. The second-order valence-electron chi connectivity index (χ2n) is 8.86. The fourth-order valence-corrected chi connectivity index (χ4v) is 4.72. The van der Waals surface area contributed by atoms with Crippen LogP contribution in [0.5, 0.6) is 5.75 Å². The first-order chi connectivity index (χ1) is 16.0. The van der Waals surface area contributed by atoms with Gasteiger partial charge < -0.3 is 19.4 Å². The number of fused-ring (bicyclic) bond motifs is 2. The third-order valence-electron chi connectivity index (χ3n) is 6.76. The Morgan fingerprint density at radius 1 is 1.18 bits per heavy atom. The molecule has 0 spiro atoms. The lowest BCUT2D eigenvalue weighted by atomic mass is 9.95. The number of halogens is 1. The molecule has 6 nitrogen and oxygen atoms in total. The van der Waals surface area contributed by atoms with Crippen molar-refractivity contribution in [1.29, 1.82) is 0 Å². The Balaban J connectivity index is 1.28. The minimum Gasteiger partial charge on any atom is -0.487 e. The SMILES string of the molecule is Cc1c(COc2ccc3c(c2)CCN(C(=O)C2CCOCC2)C3)[nH]c2ccc(F)cc2c1=O. The summed E-state index contributed by atoms with van der Waals surface area (Å²) in [5.74, 6) is 0.600. The summed E-state index contributed by atoms with van der Waals surface area (Å²) in [7, 11) is 0. The lowest BCUT2D eigenvalue weighted by molar-refractivity contribution is -0.139. The molecule has 2 aliphatic heterocycles. The van der Waals surface area contributed by atoms with Crippen LogP contribution in [-0.4, -0.2) is 35.5 Å². The number of H-pyrrole nitrogens is 1. The molecule has 0 bridgehead atoms. The van der Waals surface area contributed by atoms with Crippen LogP contribution in [0.25, 0.3) is 10.9 Å². The zero-order chi connectivity index (χ0) is 22.9. The standard InChI is InChI=1S/C26H27FN2O4/c1-16-24(28-23-5-3-20(27)13-22(23)25(16)30)15-33-21-4-2-19-14-29(9-6-18(19)12-21)26(31)17-7-10-32-11-8-17/h2-5,12-13,17H,6-11,14-15H2,1H3,(H,28,30). The number of rotatable bonds is 4. The van der Waals surface area contributed by atoms with Crippen molar-refractivity contribution in [3.63, 3.8) is 0 Å². The summed E-state index contributed by atoms with van der Waals surface area (Å²) in [6.45, 7) is 4.60. The predicted octanol–water partition coefficient (Wildman–Crippen LogP) is 3.87. The summed E-state index contributed by atoms with van der Waals surface area (Å²) < 4.78 is 24.9. The zero-order valence-electron chi connectivity index (χ0n) is 18.7. The first kappa shape index (κ1) is 21.6. The first-order valence-corrected chi connectivity index (χ1v) is 11.4. The number of amides is 1. The van der Waals surface area contributed by atoms with Crippen molar-refractivity contribution in [2.45, 2.75) is 39.3 Å². The van der Waals surface area contributed by atoms with Crippen LogP contribution >= 0.6 is 0 Å². The maximum Gasteiger partial charge on any atom is 0.226 e. The lowest BCUT2D eigenvalue weighted by Crippen LogP contribution is -2.41. The topological polar surface area (TPSA) is 71.6 Å². The minimum atomic E-state index is -0.432. The van der Waals surface area contributed by atoms with Gasteiger partial charge in [0.15, 0.2) is 5.43 Å². The molecule has 2 aliphatic rings. The van der Waals surface area contributed by atoms with Crippen LogP contribution in [0, 0.1) is 18.7 Å². The van der Waals surface area contributed by atoms with Gasteiger partial charge in [-0.1, -0.05) is 6.07 Å². The maximum absolute atomic E-state index is 13.5. The molecule has 33 heavy (non-hydrogen) atoms. The van der Waals surface area contributed by atoms with Gasteiger partial charge in [0.25, 0.3) is 0 Å². The van der Waals surface area contributed by atoms with Gasteiger partial charge in [-0.05, 0) is 67.6 Å². The van der Waals surface area contributed by atoms with E-state index >= 15 is 0 Å². The number of nitrogens with one attached hydrogen (secondary N) is 1. The number of nitrogens with zero attached hydrogens (tertiary/aromatic N) is 1. The monoisotopic (exact) mass is 450 g/mol. The molecule has 0 aliphatic carbocycles. The summed E-state index contributed by atoms with van der Waals surface area (Å²) in [6.07, 6.45) is 2.40. The van der Waals surface area contributed by atoms with E-state index in [0.717, 1.165) is 30.6 Å². The van der Waals surface area contributed by atoms with Crippen LogP contribution in [0.3, 0.4) is 0 Å². The number of hydrogen-bond acceptors (Lipinski definition) is 4. The number of aromatic nitrogens is 1. The Morgan fingerprint density at radius 3 is 2.82 bits per heavy atom. The van der Waals surface area contributed by atoms with Crippen LogP contribution in [-0.2, 0) is 29.1 Å². The molecule has 1 aromatic heterocycles. The maximum atomic E-state index is 13.5. The average molecular weight is 451 g/mol. The molecular weight excluding hydrogens is 423 g/mol. The second-order valence-corrected chi connectivity index (χ2v) is 8.86. The quantitative estimate of drug-likeness (QED) is 0.655. The van der Waals surface area contributed by atoms with Crippen molar-refractivity contribution >= 4 is 16.8 Å². The lowest BCUT2D eigenvalue weighted by Gasteiger charge is -2.33. The van der Waals surface area contributed by atoms with Gasteiger partial charge in [-0.2, -0.15) is 0 Å². The number of ether oxygens (including phenoxy) is 2. The number of carbonyl (C=O) groups is 1. The van der Waals surface area contributed by atoms with Gasteiger partial charge in [-0.3, -0.25) is 9.59 Å². The van der Waals surface area contributed by atoms with E-state index in [1.54, 1.807) is 13.0 Å². The average Bonchev–Trinajstić information content (AvgIpc) is 2.85.